The fourth-order valence-electron chi connectivity index (χ4n) is 2.13. The van der Waals surface area contributed by atoms with E-state index in [0.29, 0.717) is 29.1 Å². The van der Waals surface area contributed by atoms with Crippen molar-refractivity contribution in [3.8, 4) is 0 Å². The van der Waals surface area contributed by atoms with Crippen LogP contribution in [0.2, 0.25) is 0 Å². The number of hydrogen-bond acceptors (Lipinski definition) is 5. The summed E-state index contributed by atoms with van der Waals surface area (Å²) in [5.74, 6) is 0.240. The van der Waals surface area contributed by atoms with Crippen molar-refractivity contribution >= 4 is 23.5 Å². The maximum Gasteiger partial charge on any atom is 0.447 e. The molecular weight excluding hydrogens is 359 g/mol. The second-order valence-electron chi connectivity index (χ2n) is 4.81. The average molecular weight is 375 g/mol. The molecule has 0 unspecified atom stereocenters. The molecule has 0 amide bonds. The Morgan fingerprint density at radius 1 is 1.25 bits per heavy atom. The minimum absolute atomic E-state index is 0.0826. The van der Waals surface area contributed by atoms with Gasteiger partial charge in [0.05, 0.1) is 5.69 Å². The van der Waals surface area contributed by atoms with E-state index in [-0.39, 0.29) is 28.1 Å². The zero-order chi connectivity index (χ0) is 17.7. The largest absolute Gasteiger partial charge is 0.447 e. The molecule has 0 aliphatic carbocycles. The van der Waals surface area contributed by atoms with E-state index in [1.165, 1.54) is 18.0 Å². The van der Waals surface area contributed by atoms with E-state index in [9.17, 15) is 18.0 Å². The molecule has 0 aliphatic heterocycles. The lowest BCUT2D eigenvalue weighted by molar-refractivity contribution is -0.0329. The van der Waals surface area contributed by atoms with Crippen LogP contribution in [-0.2, 0) is 18.6 Å². The molecule has 130 valence electrons. The Labute approximate surface area is 145 Å². The monoisotopic (exact) mass is 375 g/mol. The Bertz CT molecular complexity index is 762. The first-order chi connectivity index (χ1) is 11.3. The third-order valence-corrected chi connectivity index (χ3v) is 4.91. The van der Waals surface area contributed by atoms with Crippen LogP contribution in [0.5, 0.6) is 0 Å². The SMILES string of the molecule is CCc1nc(SCc2cccnc2SC(F)(F)F)[nH]c(=O)c1CC. The number of nitrogens with one attached hydrogen (secondary N) is 1. The number of aryl methyl sites for hydroxylation is 1. The number of pyridine rings is 1. The van der Waals surface area contributed by atoms with Crippen LogP contribution in [-0.4, -0.2) is 20.5 Å². The van der Waals surface area contributed by atoms with Crippen molar-refractivity contribution in [1.82, 2.24) is 15.0 Å². The molecule has 2 rings (SSSR count). The lowest BCUT2D eigenvalue weighted by atomic mass is 10.1. The van der Waals surface area contributed by atoms with Gasteiger partial charge in [-0.1, -0.05) is 31.7 Å². The summed E-state index contributed by atoms with van der Waals surface area (Å²) in [6, 6.07) is 3.18. The molecule has 0 radical (unpaired) electrons. The Morgan fingerprint density at radius 2 is 2.00 bits per heavy atom. The second kappa shape index (κ2) is 8.06. The zero-order valence-electron chi connectivity index (χ0n) is 13.1. The standard InChI is InChI=1S/C15H16F3N3OS2/c1-3-10-11(4-2)20-14(21-12(10)22)23-8-9-6-5-7-19-13(9)24-15(16,17)18/h5-7H,3-4,8H2,1-2H3,(H,20,21,22). The molecule has 4 nitrogen and oxygen atoms in total. The van der Waals surface area contributed by atoms with Crippen LogP contribution in [0.3, 0.4) is 0 Å². The molecule has 0 fully saturated rings. The Morgan fingerprint density at radius 3 is 2.62 bits per heavy atom. The van der Waals surface area contributed by atoms with Crippen molar-refractivity contribution in [1.29, 1.82) is 0 Å². The van der Waals surface area contributed by atoms with Gasteiger partial charge >= 0.3 is 5.51 Å². The number of aromatic nitrogens is 3. The van der Waals surface area contributed by atoms with Gasteiger partial charge in [-0.3, -0.25) is 4.79 Å². The van der Waals surface area contributed by atoms with E-state index < -0.39 is 5.51 Å². The average Bonchev–Trinajstić information content (AvgIpc) is 2.52. The number of aromatic amines is 1. The predicted octanol–water partition coefficient (Wildman–Crippen LogP) is 4.19. The maximum absolute atomic E-state index is 12.6. The molecule has 0 atom stereocenters. The maximum atomic E-state index is 12.6. The van der Waals surface area contributed by atoms with Gasteiger partial charge in [0.1, 0.15) is 5.03 Å². The number of nitrogens with zero attached hydrogens (tertiary/aromatic N) is 2. The molecule has 0 bridgehead atoms. The predicted molar refractivity (Wildman–Crippen MR) is 89.3 cm³/mol. The number of halogens is 3. The summed E-state index contributed by atoms with van der Waals surface area (Å²) in [7, 11) is 0. The van der Waals surface area contributed by atoms with Crippen molar-refractivity contribution in [2.45, 2.75) is 48.1 Å². The van der Waals surface area contributed by atoms with Crippen LogP contribution in [0.25, 0.3) is 0 Å². The smallest absolute Gasteiger partial charge is 0.301 e. The van der Waals surface area contributed by atoms with Crippen molar-refractivity contribution in [3.05, 3.63) is 45.5 Å². The van der Waals surface area contributed by atoms with Crippen LogP contribution in [0.4, 0.5) is 13.2 Å². The fourth-order valence-corrected chi connectivity index (χ4v) is 3.69. The molecule has 2 heterocycles. The Hall–Kier alpha value is -1.48. The molecule has 0 aromatic carbocycles. The van der Waals surface area contributed by atoms with Crippen LogP contribution in [0.1, 0.15) is 30.7 Å². The van der Waals surface area contributed by atoms with Gasteiger partial charge in [-0.2, -0.15) is 13.2 Å². The van der Waals surface area contributed by atoms with Crippen LogP contribution < -0.4 is 5.56 Å². The topological polar surface area (TPSA) is 58.6 Å². The van der Waals surface area contributed by atoms with Crippen molar-refractivity contribution in [2.75, 3.05) is 0 Å². The molecule has 0 spiro atoms. The van der Waals surface area contributed by atoms with Crippen molar-refractivity contribution < 1.29 is 13.2 Å². The molecule has 2 aromatic heterocycles. The van der Waals surface area contributed by atoms with Crippen LogP contribution in [0, 0.1) is 0 Å². The Kier molecular flexibility index (Phi) is 6.34. The van der Waals surface area contributed by atoms with Crippen molar-refractivity contribution in [2.24, 2.45) is 0 Å². The lowest BCUT2D eigenvalue weighted by Gasteiger charge is -2.10. The van der Waals surface area contributed by atoms with Gasteiger partial charge < -0.3 is 4.98 Å². The number of H-pyrrole nitrogens is 1. The van der Waals surface area contributed by atoms with E-state index >= 15 is 0 Å². The summed E-state index contributed by atoms with van der Waals surface area (Å²) >= 11 is 0.952. The highest BCUT2D eigenvalue weighted by atomic mass is 32.2. The minimum Gasteiger partial charge on any atom is -0.301 e. The highest BCUT2D eigenvalue weighted by Gasteiger charge is 2.31. The summed E-state index contributed by atoms with van der Waals surface area (Å²) in [5, 5.41) is 0.321. The van der Waals surface area contributed by atoms with E-state index in [0.717, 1.165) is 5.69 Å². The fraction of sp³-hybridized carbons (Fsp3) is 0.400. The summed E-state index contributed by atoms with van der Waals surface area (Å²) in [6.45, 7) is 3.79. The summed E-state index contributed by atoms with van der Waals surface area (Å²) in [5.41, 5.74) is -2.76. The molecule has 24 heavy (non-hydrogen) atoms. The van der Waals surface area contributed by atoms with Gasteiger partial charge in [0.2, 0.25) is 0 Å². The first-order valence-corrected chi connectivity index (χ1v) is 9.08. The lowest BCUT2D eigenvalue weighted by Crippen LogP contribution is -2.17. The number of rotatable bonds is 6. The van der Waals surface area contributed by atoms with E-state index in [4.69, 9.17) is 0 Å². The third-order valence-electron chi connectivity index (χ3n) is 3.19. The third kappa shape index (κ3) is 5.01. The Balaban J connectivity index is 2.20. The van der Waals surface area contributed by atoms with Gasteiger partial charge in [0.25, 0.3) is 5.56 Å². The first kappa shape index (κ1) is 18.9. The van der Waals surface area contributed by atoms with E-state index in [1.807, 2.05) is 13.8 Å². The molecule has 0 aliphatic rings. The number of thioether (sulfide) groups is 2. The number of alkyl halides is 3. The first-order valence-electron chi connectivity index (χ1n) is 7.28. The summed E-state index contributed by atoms with van der Waals surface area (Å²) in [6.07, 6.45) is 2.54. The van der Waals surface area contributed by atoms with Gasteiger partial charge in [0, 0.05) is 29.3 Å². The van der Waals surface area contributed by atoms with E-state index in [2.05, 4.69) is 15.0 Å². The summed E-state index contributed by atoms with van der Waals surface area (Å²) in [4.78, 5) is 22.9. The van der Waals surface area contributed by atoms with Crippen LogP contribution >= 0.6 is 23.5 Å². The quantitative estimate of drug-likeness (QED) is 0.606. The van der Waals surface area contributed by atoms with Gasteiger partial charge in [-0.15, -0.1) is 0 Å². The number of hydrogen-bond donors (Lipinski definition) is 1. The molecule has 0 saturated heterocycles. The zero-order valence-corrected chi connectivity index (χ0v) is 14.7. The molecule has 9 heteroatoms. The summed E-state index contributed by atoms with van der Waals surface area (Å²) < 4.78 is 37.7. The minimum atomic E-state index is -4.39. The second-order valence-corrected chi connectivity index (χ2v) is 6.83. The highest BCUT2D eigenvalue weighted by molar-refractivity contribution is 8.00. The molecule has 1 N–H and O–H groups in total. The molecule has 0 saturated carbocycles. The normalized spacial score (nSPS) is 11.7. The van der Waals surface area contributed by atoms with E-state index in [1.54, 1.807) is 12.1 Å². The molecule has 2 aromatic rings. The molecular formula is C15H16F3N3OS2. The van der Waals surface area contributed by atoms with Crippen molar-refractivity contribution in [3.63, 3.8) is 0 Å². The van der Waals surface area contributed by atoms with Gasteiger partial charge in [-0.05, 0) is 24.5 Å². The van der Waals surface area contributed by atoms with Gasteiger partial charge in [-0.25, -0.2) is 9.97 Å². The van der Waals surface area contributed by atoms with Gasteiger partial charge in [0.15, 0.2) is 5.16 Å². The van der Waals surface area contributed by atoms with Crippen LogP contribution in [0.15, 0.2) is 33.3 Å². The highest BCUT2D eigenvalue weighted by Crippen LogP contribution is 2.38.